The lowest BCUT2D eigenvalue weighted by Crippen LogP contribution is -2.33. The average molecular weight is 209 g/mol. The normalized spacial score (nSPS) is 17.7. The first-order chi connectivity index (χ1) is 7.31. The molecule has 0 saturated heterocycles. The highest BCUT2D eigenvalue weighted by Crippen LogP contribution is 2.27. The van der Waals surface area contributed by atoms with E-state index in [1.54, 1.807) is 0 Å². The molecule has 1 N–H and O–H groups in total. The second-order valence-electron chi connectivity index (χ2n) is 4.38. The fraction of sp³-hybridized carbons (Fsp3) is 0.917. The van der Waals surface area contributed by atoms with Gasteiger partial charge in [-0.3, -0.25) is 0 Å². The number of hydrogen-bond acceptors (Lipinski definition) is 3. The fourth-order valence-corrected chi connectivity index (χ4v) is 1.85. The molecule has 0 bridgehead atoms. The summed E-state index contributed by atoms with van der Waals surface area (Å²) < 4.78 is 0. The van der Waals surface area contributed by atoms with Crippen molar-refractivity contribution in [2.24, 2.45) is 0 Å². The fourth-order valence-electron chi connectivity index (χ4n) is 1.85. The van der Waals surface area contributed by atoms with Gasteiger partial charge >= 0.3 is 0 Å². The van der Waals surface area contributed by atoms with E-state index in [-0.39, 0.29) is 6.04 Å². The molecule has 1 saturated carbocycles. The molecule has 3 heteroatoms. The number of unbranched alkanes of at least 4 members (excludes halogenated alkanes) is 1. The van der Waals surface area contributed by atoms with Gasteiger partial charge in [-0.15, -0.1) is 0 Å². The summed E-state index contributed by atoms with van der Waals surface area (Å²) >= 11 is 0. The second-order valence-corrected chi connectivity index (χ2v) is 4.38. The quantitative estimate of drug-likeness (QED) is 0.662. The average Bonchev–Trinajstić information content (AvgIpc) is 3.07. The van der Waals surface area contributed by atoms with Crippen molar-refractivity contribution >= 4 is 0 Å². The Morgan fingerprint density at radius 1 is 1.47 bits per heavy atom. The van der Waals surface area contributed by atoms with Crippen LogP contribution in [0.2, 0.25) is 0 Å². The van der Waals surface area contributed by atoms with Gasteiger partial charge < -0.3 is 10.2 Å². The molecule has 86 valence electrons. The monoisotopic (exact) mass is 209 g/mol. The second kappa shape index (κ2) is 6.81. The maximum absolute atomic E-state index is 8.84. The first-order valence-corrected chi connectivity index (χ1v) is 6.12. The van der Waals surface area contributed by atoms with Crippen LogP contribution >= 0.6 is 0 Å². The molecule has 1 unspecified atom stereocenters. The summed E-state index contributed by atoms with van der Waals surface area (Å²) in [4.78, 5) is 2.56. The van der Waals surface area contributed by atoms with Crippen molar-refractivity contribution in [2.75, 3.05) is 20.1 Å². The van der Waals surface area contributed by atoms with Crippen LogP contribution in [0.15, 0.2) is 0 Å². The van der Waals surface area contributed by atoms with Crippen LogP contribution in [0.4, 0.5) is 0 Å². The minimum Gasteiger partial charge on any atom is -0.305 e. The number of hydrogen-bond donors (Lipinski definition) is 1. The molecule has 1 fully saturated rings. The summed E-state index contributed by atoms with van der Waals surface area (Å²) in [6.45, 7) is 4.52. The first-order valence-electron chi connectivity index (χ1n) is 6.12. The first kappa shape index (κ1) is 12.5. The Morgan fingerprint density at radius 2 is 2.20 bits per heavy atom. The van der Waals surface area contributed by atoms with Crippen LogP contribution < -0.4 is 5.32 Å². The van der Waals surface area contributed by atoms with E-state index in [1.165, 1.54) is 32.2 Å². The van der Waals surface area contributed by atoms with E-state index in [9.17, 15) is 0 Å². The van der Waals surface area contributed by atoms with Gasteiger partial charge in [0.15, 0.2) is 0 Å². The Bertz CT molecular complexity index is 205. The van der Waals surface area contributed by atoms with Gasteiger partial charge in [-0.2, -0.15) is 5.26 Å². The van der Waals surface area contributed by atoms with Gasteiger partial charge in [-0.25, -0.2) is 0 Å². The third kappa shape index (κ3) is 4.63. The van der Waals surface area contributed by atoms with E-state index in [2.05, 4.69) is 23.2 Å². The van der Waals surface area contributed by atoms with Crippen molar-refractivity contribution in [3.8, 4) is 6.07 Å². The minimum absolute atomic E-state index is 0.0212. The Morgan fingerprint density at radius 3 is 2.67 bits per heavy atom. The molecular formula is C12H23N3. The Labute approximate surface area is 93.5 Å². The van der Waals surface area contributed by atoms with Crippen molar-refractivity contribution in [2.45, 2.75) is 51.1 Å². The van der Waals surface area contributed by atoms with Crippen molar-refractivity contribution in [3.63, 3.8) is 0 Å². The van der Waals surface area contributed by atoms with E-state index in [1.807, 2.05) is 7.05 Å². The summed E-state index contributed by atoms with van der Waals surface area (Å²) in [5, 5.41) is 11.9. The molecule has 0 heterocycles. The number of nitrogens with zero attached hydrogens (tertiary/aromatic N) is 2. The standard InChI is InChI=1S/C12H23N3/c1-3-4-8-15(12-5-6-12)9-7-11(10-13)14-2/h11-12,14H,3-9H2,1-2H3. The Kier molecular flexibility index (Phi) is 5.67. The Balaban J connectivity index is 2.22. The molecule has 1 rings (SSSR count). The lowest BCUT2D eigenvalue weighted by molar-refractivity contribution is 0.250. The van der Waals surface area contributed by atoms with Gasteiger partial charge in [0, 0.05) is 12.6 Å². The summed E-state index contributed by atoms with van der Waals surface area (Å²) in [7, 11) is 1.86. The lowest BCUT2D eigenvalue weighted by atomic mass is 10.2. The summed E-state index contributed by atoms with van der Waals surface area (Å²) in [6.07, 6.45) is 6.22. The molecule has 0 aromatic heterocycles. The molecule has 0 spiro atoms. The van der Waals surface area contributed by atoms with E-state index >= 15 is 0 Å². The zero-order valence-electron chi connectivity index (χ0n) is 10.00. The molecule has 1 atom stereocenters. The summed E-state index contributed by atoms with van der Waals surface area (Å²) in [5.74, 6) is 0. The smallest absolute Gasteiger partial charge is 0.0962 e. The third-order valence-corrected chi connectivity index (χ3v) is 3.07. The van der Waals surface area contributed by atoms with Gasteiger partial charge in [0.05, 0.1) is 12.1 Å². The van der Waals surface area contributed by atoms with Crippen molar-refractivity contribution in [1.29, 1.82) is 5.26 Å². The van der Waals surface area contributed by atoms with Crippen molar-refractivity contribution < 1.29 is 0 Å². The third-order valence-electron chi connectivity index (χ3n) is 3.07. The summed E-state index contributed by atoms with van der Waals surface area (Å²) in [6, 6.07) is 3.13. The molecule has 1 aliphatic carbocycles. The van der Waals surface area contributed by atoms with E-state index in [0.717, 1.165) is 19.0 Å². The predicted molar refractivity (Wildman–Crippen MR) is 62.6 cm³/mol. The maximum Gasteiger partial charge on any atom is 0.0962 e. The molecule has 0 amide bonds. The van der Waals surface area contributed by atoms with Crippen LogP contribution in [0.1, 0.15) is 39.0 Å². The van der Waals surface area contributed by atoms with Crippen molar-refractivity contribution in [3.05, 3.63) is 0 Å². The molecule has 0 radical (unpaired) electrons. The van der Waals surface area contributed by atoms with Crippen LogP contribution in [-0.2, 0) is 0 Å². The molecule has 15 heavy (non-hydrogen) atoms. The molecule has 1 aliphatic rings. The molecule has 0 aliphatic heterocycles. The zero-order valence-corrected chi connectivity index (χ0v) is 10.00. The van der Waals surface area contributed by atoms with Gasteiger partial charge in [0.25, 0.3) is 0 Å². The topological polar surface area (TPSA) is 39.1 Å². The van der Waals surface area contributed by atoms with Crippen LogP contribution in [0.3, 0.4) is 0 Å². The molecule has 3 nitrogen and oxygen atoms in total. The highest BCUT2D eigenvalue weighted by Gasteiger charge is 2.28. The van der Waals surface area contributed by atoms with Gasteiger partial charge in [-0.05, 0) is 39.3 Å². The predicted octanol–water partition coefficient (Wildman–Crippen LogP) is 1.75. The summed E-state index contributed by atoms with van der Waals surface area (Å²) in [5.41, 5.74) is 0. The molecular weight excluding hydrogens is 186 g/mol. The number of nitrogens with one attached hydrogen (secondary N) is 1. The van der Waals surface area contributed by atoms with E-state index in [4.69, 9.17) is 5.26 Å². The molecule has 0 aromatic carbocycles. The minimum atomic E-state index is 0.0212. The highest BCUT2D eigenvalue weighted by molar-refractivity contribution is 4.91. The van der Waals surface area contributed by atoms with Gasteiger partial charge in [0.2, 0.25) is 0 Å². The van der Waals surface area contributed by atoms with E-state index in [0.29, 0.717) is 0 Å². The maximum atomic E-state index is 8.84. The number of rotatable bonds is 8. The van der Waals surface area contributed by atoms with Crippen LogP contribution in [0, 0.1) is 11.3 Å². The van der Waals surface area contributed by atoms with E-state index < -0.39 is 0 Å². The van der Waals surface area contributed by atoms with Crippen LogP contribution in [0.5, 0.6) is 0 Å². The molecule has 0 aromatic rings. The Hall–Kier alpha value is -0.590. The van der Waals surface area contributed by atoms with Crippen LogP contribution in [-0.4, -0.2) is 37.1 Å². The van der Waals surface area contributed by atoms with Crippen molar-refractivity contribution in [1.82, 2.24) is 10.2 Å². The largest absolute Gasteiger partial charge is 0.305 e. The lowest BCUT2D eigenvalue weighted by Gasteiger charge is -2.22. The van der Waals surface area contributed by atoms with Gasteiger partial charge in [-0.1, -0.05) is 13.3 Å². The zero-order chi connectivity index (χ0) is 11.1. The SMILES string of the molecule is CCCCN(CCC(C#N)NC)C1CC1. The van der Waals surface area contributed by atoms with Gasteiger partial charge in [0.1, 0.15) is 0 Å². The number of nitriles is 1. The highest BCUT2D eigenvalue weighted by atomic mass is 15.2. The van der Waals surface area contributed by atoms with Crippen LogP contribution in [0.25, 0.3) is 0 Å².